The van der Waals surface area contributed by atoms with Crippen molar-refractivity contribution < 1.29 is 13.6 Å². The molecule has 0 aliphatic heterocycles. The van der Waals surface area contributed by atoms with Crippen LogP contribution in [-0.4, -0.2) is 32.3 Å². The Kier molecular flexibility index (Phi) is 3.48. The highest BCUT2D eigenvalue weighted by atomic mass is 32.2. The molecule has 7 heteroatoms. The molecule has 2 N–H and O–H groups in total. The van der Waals surface area contributed by atoms with Gasteiger partial charge in [-0.1, -0.05) is 11.2 Å². The predicted molar refractivity (Wildman–Crippen MR) is 54.7 cm³/mol. The normalized spacial score (nSPS) is 12.8. The van der Waals surface area contributed by atoms with Crippen LogP contribution >= 0.6 is 11.3 Å². The molecule has 0 radical (unpaired) electrons. The molecule has 0 fully saturated rings. The van der Waals surface area contributed by atoms with Crippen LogP contribution in [0.2, 0.25) is 0 Å². The van der Waals surface area contributed by atoms with Crippen molar-refractivity contribution in [2.45, 2.75) is 4.21 Å². The van der Waals surface area contributed by atoms with E-state index in [9.17, 15) is 8.42 Å². The highest BCUT2D eigenvalue weighted by Crippen LogP contribution is 2.17. The van der Waals surface area contributed by atoms with Gasteiger partial charge in [0.25, 0.3) is 0 Å². The monoisotopic (exact) mass is 234 g/mol. The summed E-state index contributed by atoms with van der Waals surface area (Å²) >= 11 is 1.14. The van der Waals surface area contributed by atoms with E-state index in [-0.39, 0.29) is 15.8 Å². The molecule has 14 heavy (non-hydrogen) atoms. The summed E-state index contributed by atoms with van der Waals surface area (Å²) in [6.07, 6.45) is 0. The molecular weight excluding hydrogens is 224 g/mol. The first kappa shape index (κ1) is 11.0. The third kappa shape index (κ3) is 2.46. The van der Waals surface area contributed by atoms with Gasteiger partial charge in [0.05, 0.1) is 0 Å². The Morgan fingerprint density at radius 2 is 2.43 bits per heavy atom. The third-order valence-electron chi connectivity index (χ3n) is 1.54. The summed E-state index contributed by atoms with van der Waals surface area (Å²) in [6, 6.07) is 3.18. The van der Waals surface area contributed by atoms with Crippen LogP contribution in [0.3, 0.4) is 0 Å². The van der Waals surface area contributed by atoms with Crippen molar-refractivity contribution >= 4 is 27.0 Å². The molecule has 5 nitrogen and oxygen atoms in total. The zero-order chi connectivity index (χ0) is 10.6. The molecule has 1 heterocycles. The number of hydrogen-bond acceptors (Lipinski definition) is 5. The number of thiophene rings is 1. The van der Waals surface area contributed by atoms with Crippen molar-refractivity contribution in [3.05, 3.63) is 17.5 Å². The molecule has 0 bridgehead atoms. The Morgan fingerprint density at radius 1 is 1.71 bits per heavy atom. The Hall–Kier alpha value is -1.08. The predicted octanol–water partition coefficient (Wildman–Crippen LogP) is 0.529. The topological polar surface area (TPSA) is 78.8 Å². The number of nitrogens with zero attached hydrogens (tertiary/aromatic N) is 1. The van der Waals surface area contributed by atoms with Gasteiger partial charge in [-0.05, 0) is 11.4 Å². The number of oxime groups is 1. The van der Waals surface area contributed by atoms with Gasteiger partial charge in [0.2, 0.25) is 0 Å². The minimum atomic E-state index is -3.38. The maximum Gasteiger partial charge on any atom is 0.195 e. The van der Waals surface area contributed by atoms with Gasteiger partial charge < -0.3 is 10.5 Å². The summed E-state index contributed by atoms with van der Waals surface area (Å²) in [7, 11) is -1.88. The lowest BCUT2D eigenvalue weighted by Crippen LogP contribution is -2.27. The van der Waals surface area contributed by atoms with Crippen molar-refractivity contribution in [1.82, 2.24) is 5.32 Å². The third-order valence-corrected chi connectivity index (χ3v) is 4.65. The number of nitrogens with one attached hydrogen (secondary N) is 1. The maximum absolute atomic E-state index is 11.6. The van der Waals surface area contributed by atoms with Gasteiger partial charge in [-0.2, -0.15) is 0 Å². The zero-order valence-electron chi connectivity index (χ0n) is 7.47. The van der Waals surface area contributed by atoms with Crippen LogP contribution in [0, 0.1) is 0 Å². The van der Waals surface area contributed by atoms with Crippen LogP contribution in [0.1, 0.15) is 0 Å². The first-order valence-corrected chi connectivity index (χ1v) is 6.28. The highest BCUT2D eigenvalue weighted by molar-refractivity contribution is 7.94. The first-order valence-electron chi connectivity index (χ1n) is 3.75. The second-order valence-electron chi connectivity index (χ2n) is 2.49. The molecule has 0 aromatic carbocycles. The second-order valence-corrected chi connectivity index (χ2v) is 5.65. The smallest absolute Gasteiger partial charge is 0.195 e. The SMILES string of the molecule is CN/C(CS(=O)(=O)c1cccs1)=N\O. The molecule has 1 rings (SSSR count). The van der Waals surface area contributed by atoms with Gasteiger partial charge in [0.1, 0.15) is 9.96 Å². The van der Waals surface area contributed by atoms with Crippen LogP contribution in [0.15, 0.2) is 26.9 Å². The standard InChI is InChI=1S/C7H10N2O3S2/c1-8-6(9-10)5-14(11,12)7-3-2-4-13-7/h2-4,10H,5H2,1H3,(H,8,9). The fourth-order valence-corrected chi connectivity index (χ4v) is 3.21. The van der Waals surface area contributed by atoms with E-state index in [4.69, 9.17) is 5.21 Å². The zero-order valence-corrected chi connectivity index (χ0v) is 9.10. The lowest BCUT2D eigenvalue weighted by Gasteiger charge is -2.02. The van der Waals surface area contributed by atoms with E-state index in [2.05, 4.69) is 10.5 Å². The summed E-state index contributed by atoms with van der Waals surface area (Å²) in [6.45, 7) is 0. The van der Waals surface area contributed by atoms with Gasteiger partial charge in [0, 0.05) is 7.05 Å². The van der Waals surface area contributed by atoms with Gasteiger partial charge in [-0.15, -0.1) is 11.3 Å². The van der Waals surface area contributed by atoms with Crippen LogP contribution in [-0.2, 0) is 9.84 Å². The molecule has 0 saturated heterocycles. The number of hydrogen-bond donors (Lipinski definition) is 2. The second kappa shape index (κ2) is 4.43. The number of amidine groups is 1. The van der Waals surface area contributed by atoms with E-state index >= 15 is 0 Å². The molecule has 78 valence electrons. The minimum Gasteiger partial charge on any atom is -0.409 e. The molecule has 0 aliphatic rings. The molecule has 0 unspecified atom stereocenters. The Labute approximate surface area is 86.0 Å². The minimum absolute atomic E-state index is 0.0263. The highest BCUT2D eigenvalue weighted by Gasteiger charge is 2.18. The van der Waals surface area contributed by atoms with Gasteiger partial charge in [-0.3, -0.25) is 0 Å². The quantitative estimate of drug-likeness (QED) is 0.346. The molecule has 0 spiro atoms. The maximum atomic E-state index is 11.6. The van der Waals surface area contributed by atoms with E-state index < -0.39 is 9.84 Å². The van der Waals surface area contributed by atoms with Crippen molar-refractivity contribution in [1.29, 1.82) is 0 Å². The lowest BCUT2D eigenvalue weighted by molar-refractivity contribution is 0.316. The molecule has 0 atom stereocenters. The fourth-order valence-electron chi connectivity index (χ4n) is 0.843. The van der Waals surface area contributed by atoms with Crippen LogP contribution < -0.4 is 5.32 Å². The average molecular weight is 234 g/mol. The lowest BCUT2D eigenvalue weighted by atomic mass is 10.7. The largest absolute Gasteiger partial charge is 0.409 e. The molecule has 0 aliphatic carbocycles. The molecule has 1 aromatic rings. The average Bonchev–Trinajstić information content (AvgIpc) is 2.67. The van der Waals surface area contributed by atoms with Crippen LogP contribution in [0.4, 0.5) is 0 Å². The molecular formula is C7H10N2O3S2. The van der Waals surface area contributed by atoms with Crippen LogP contribution in [0.5, 0.6) is 0 Å². The number of rotatable bonds is 3. The van der Waals surface area contributed by atoms with E-state index in [1.165, 1.54) is 13.1 Å². The molecule has 0 amide bonds. The number of sulfone groups is 1. The Morgan fingerprint density at radius 3 is 2.86 bits per heavy atom. The summed E-state index contributed by atoms with van der Waals surface area (Å²) < 4.78 is 23.5. The summed E-state index contributed by atoms with van der Waals surface area (Å²) in [5, 5.41) is 15.5. The summed E-state index contributed by atoms with van der Waals surface area (Å²) in [4.78, 5) is 0. The van der Waals surface area contributed by atoms with E-state index in [1.54, 1.807) is 11.4 Å². The van der Waals surface area contributed by atoms with E-state index in [0.717, 1.165) is 11.3 Å². The molecule has 0 saturated carbocycles. The summed E-state index contributed by atoms with van der Waals surface area (Å²) in [5.74, 6) is -0.293. The van der Waals surface area contributed by atoms with Crippen molar-refractivity contribution in [2.75, 3.05) is 12.8 Å². The molecule has 1 aromatic heterocycles. The van der Waals surface area contributed by atoms with E-state index in [0.29, 0.717) is 0 Å². The van der Waals surface area contributed by atoms with Crippen LogP contribution in [0.25, 0.3) is 0 Å². The van der Waals surface area contributed by atoms with Gasteiger partial charge in [-0.25, -0.2) is 8.42 Å². The Balaban J connectivity index is 2.89. The summed E-state index contributed by atoms with van der Waals surface area (Å²) in [5.41, 5.74) is 0. The van der Waals surface area contributed by atoms with E-state index in [1.807, 2.05) is 0 Å². The van der Waals surface area contributed by atoms with Gasteiger partial charge in [0.15, 0.2) is 15.7 Å². The Bertz CT molecular complexity index is 408. The van der Waals surface area contributed by atoms with Crippen molar-refractivity contribution in [2.24, 2.45) is 5.16 Å². The van der Waals surface area contributed by atoms with Crippen molar-refractivity contribution in [3.8, 4) is 0 Å². The van der Waals surface area contributed by atoms with Gasteiger partial charge >= 0.3 is 0 Å². The fraction of sp³-hybridized carbons (Fsp3) is 0.286. The van der Waals surface area contributed by atoms with Crippen molar-refractivity contribution in [3.63, 3.8) is 0 Å². The first-order chi connectivity index (χ1) is 6.60.